The van der Waals surface area contributed by atoms with Gasteiger partial charge in [-0.3, -0.25) is 9.59 Å². The minimum Gasteiger partial charge on any atom is -0.497 e. The Kier molecular flexibility index (Phi) is 3.74. The highest BCUT2D eigenvalue weighted by Gasteiger charge is 2.42. The van der Waals surface area contributed by atoms with Crippen molar-refractivity contribution in [2.45, 2.75) is 12.8 Å². The van der Waals surface area contributed by atoms with Crippen LogP contribution in [0.2, 0.25) is 0 Å². The number of ether oxygens (including phenoxy) is 2. The minimum absolute atomic E-state index is 0.189. The monoisotopic (exact) mass is 263 g/mol. The summed E-state index contributed by atoms with van der Waals surface area (Å²) in [5.74, 6) is -0.960. The first-order valence-corrected chi connectivity index (χ1v) is 6.08. The number of carbonyl (C=O) groups excluding carboxylic acids is 2. The molecule has 2 rings (SSSR count). The van der Waals surface area contributed by atoms with E-state index in [0.29, 0.717) is 6.54 Å². The molecule has 0 radical (unpaired) electrons. The van der Waals surface area contributed by atoms with E-state index in [1.54, 1.807) is 7.11 Å². The molecule has 0 spiro atoms. The summed E-state index contributed by atoms with van der Waals surface area (Å²) < 4.78 is 9.87. The average Bonchev–Trinajstić information content (AvgIpc) is 2.79. The van der Waals surface area contributed by atoms with Crippen LogP contribution in [0.5, 0.6) is 5.75 Å². The molecule has 0 aliphatic carbocycles. The van der Waals surface area contributed by atoms with Gasteiger partial charge < -0.3 is 14.8 Å². The molecule has 1 aliphatic heterocycles. The summed E-state index contributed by atoms with van der Waals surface area (Å²) in [6.45, 7) is 2.39. The zero-order chi connectivity index (χ0) is 14.0. The molecule has 1 N–H and O–H groups in total. The number of esters is 1. The van der Waals surface area contributed by atoms with Crippen molar-refractivity contribution in [3.8, 4) is 5.75 Å². The van der Waals surface area contributed by atoms with Gasteiger partial charge in [0.2, 0.25) is 5.91 Å². The van der Waals surface area contributed by atoms with Gasteiger partial charge in [-0.2, -0.15) is 0 Å². The molecule has 2 unspecified atom stereocenters. The molecule has 1 fully saturated rings. The molecule has 5 heteroatoms. The van der Waals surface area contributed by atoms with Crippen LogP contribution in [0.1, 0.15) is 17.0 Å². The topological polar surface area (TPSA) is 64.6 Å². The van der Waals surface area contributed by atoms with E-state index in [9.17, 15) is 9.59 Å². The van der Waals surface area contributed by atoms with Crippen LogP contribution in [0.4, 0.5) is 0 Å². The second-order valence-corrected chi connectivity index (χ2v) is 4.57. The Bertz CT molecular complexity index is 512. The highest BCUT2D eigenvalue weighted by atomic mass is 16.5. The fourth-order valence-corrected chi connectivity index (χ4v) is 2.50. The van der Waals surface area contributed by atoms with Gasteiger partial charge in [0, 0.05) is 12.5 Å². The van der Waals surface area contributed by atoms with Gasteiger partial charge in [-0.15, -0.1) is 0 Å². The third kappa shape index (κ3) is 2.41. The Labute approximate surface area is 111 Å². The molecular weight excluding hydrogens is 246 g/mol. The zero-order valence-electron chi connectivity index (χ0n) is 11.2. The number of aryl methyl sites for hydroxylation is 1. The van der Waals surface area contributed by atoms with Crippen molar-refractivity contribution in [2.75, 3.05) is 20.8 Å². The molecule has 0 aromatic heterocycles. The second kappa shape index (κ2) is 5.30. The SMILES string of the molecule is COC(=O)C1C(=O)NCC1c1ccc(OC)cc1C. The summed E-state index contributed by atoms with van der Waals surface area (Å²) in [5, 5.41) is 2.72. The Balaban J connectivity index is 2.35. The number of carbonyl (C=O) groups is 2. The zero-order valence-corrected chi connectivity index (χ0v) is 11.2. The molecule has 1 saturated heterocycles. The number of hydrogen-bond acceptors (Lipinski definition) is 4. The fraction of sp³-hybridized carbons (Fsp3) is 0.429. The van der Waals surface area contributed by atoms with E-state index in [4.69, 9.17) is 9.47 Å². The van der Waals surface area contributed by atoms with Gasteiger partial charge in [0.05, 0.1) is 14.2 Å². The van der Waals surface area contributed by atoms with Gasteiger partial charge in [-0.05, 0) is 30.2 Å². The average molecular weight is 263 g/mol. The first-order chi connectivity index (χ1) is 9.08. The lowest BCUT2D eigenvalue weighted by Gasteiger charge is -2.17. The van der Waals surface area contributed by atoms with Crippen molar-refractivity contribution < 1.29 is 19.1 Å². The van der Waals surface area contributed by atoms with E-state index in [0.717, 1.165) is 16.9 Å². The third-order valence-electron chi connectivity index (χ3n) is 3.51. The summed E-state index contributed by atoms with van der Waals surface area (Å²) >= 11 is 0. The number of nitrogens with one attached hydrogen (secondary N) is 1. The second-order valence-electron chi connectivity index (χ2n) is 4.57. The van der Waals surface area contributed by atoms with Crippen LogP contribution < -0.4 is 10.1 Å². The lowest BCUT2D eigenvalue weighted by atomic mass is 9.86. The van der Waals surface area contributed by atoms with E-state index in [1.165, 1.54) is 7.11 Å². The van der Waals surface area contributed by atoms with Crippen molar-refractivity contribution >= 4 is 11.9 Å². The van der Waals surface area contributed by atoms with Gasteiger partial charge in [0.15, 0.2) is 0 Å². The van der Waals surface area contributed by atoms with E-state index in [1.807, 2.05) is 25.1 Å². The van der Waals surface area contributed by atoms with Crippen LogP contribution in [-0.2, 0) is 14.3 Å². The van der Waals surface area contributed by atoms with Gasteiger partial charge in [0.1, 0.15) is 11.7 Å². The molecule has 1 aromatic rings. The predicted octanol–water partition coefficient (Wildman–Crippen LogP) is 1.01. The van der Waals surface area contributed by atoms with Crippen molar-refractivity contribution in [3.05, 3.63) is 29.3 Å². The molecule has 5 nitrogen and oxygen atoms in total. The van der Waals surface area contributed by atoms with Crippen molar-refractivity contribution in [2.24, 2.45) is 5.92 Å². The van der Waals surface area contributed by atoms with Crippen LogP contribution in [0.3, 0.4) is 0 Å². The lowest BCUT2D eigenvalue weighted by Crippen LogP contribution is -2.28. The number of benzene rings is 1. The molecule has 1 amide bonds. The molecule has 1 heterocycles. The van der Waals surface area contributed by atoms with E-state index < -0.39 is 11.9 Å². The normalized spacial score (nSPS) is 21.9. The minimum atomic E-state index is -0.767. The van der Waals surface area contributed by atoms with Crippen LogP contribution >= 0.6 is 0 Å². The van der Waals surface area contributed by atoms with Crippen LogP contribution in [-0.4, -0.2) is 32.6 Å². The highest BCUT2D eigenvalue weighted by Crippen LogP contribution is 2.33. The number of rotatable bonds is 3. The van der Waals surface area contributed by atoms with Gasteiger partial charge in [-0.1, -0.05) is 6.07 Å². The fourth-order valence-electron chi connectivity index (χ4n) is 2.50. The standard InChI is InChI=1S/C14H17NO4/c1-8-6-9(18-2)4-5-10(8)11-7-15-13(16)12(11)14(17)19-3/h4-6,11-12H,7H2,1-3H3,(H,15,16). The van der Waals surface area contributed by atoms with Crippen LogP contribution in [0.25, 0.3) is 0 Å². The highest BCUT2D eigenvalue weighted by molar-refractivity contribution is 6.00. The Morgan fingerprint density at radius 3 is 2.68 bits per heavy atom. The molecule has 1 aromatic carbocycles. The van der Waals surface area contributed by atoms with Gasteiger partial charge >= 0.3 is 5.97 Å². The molecule has 0 saturated carbocycles. The maximum atomic E-state index is 11.8. The maximum Gasteiger partial charge on any atom is 0.318 e. The summed E-state index contributed by atoms with van der Waals surface area (Å²) in [7, 11) is 2.90. The molecule has 0 bridgehead atoms. The van der Waals surface area contributed by atoms with Gasteiger partial charge in [0.25, 0.3) is 0 Å². The summed E-state index contributed by atoms with van der Waals surface area (Å²) in [5.41, 5.74) is 1.96. The summed E-state index contributed by atoms with van der Waals surface area (Å²) in [6.07, 6.45) is 0. The predicted molar refractivity (Wildman–Crippen MR) is 69.0 cm³/mol. The molecular formula is C14H17NO4. The van der Waals surface area contributed by atoms with Crippen molar-refractivity contribution in [1.82, 2.24) is 5.32 Å². The number of hydrogen-bond donors (Lipinski definition) is 1. The summed E-state index contributed by atoms with van der Waals surface area (Å²) in [4.78, 5) is 23.5. The Hall–Kier alpha value is -2.04. The molecule has 1 aliphatic rings. The smallest absolute Gasteiger partial charge is 0.318 e. The van der Waals surface area contributed by atoms with E-state index >= 15 is 0 Å². The molecule has 2 atom stereocenters. The first kappa shape index (κ1) is 13.4. The lowest BCUT2D eigenvalue weighted by molar-refractivity contribution is -0.149. The molecule has 102 valence electrons. The largest absolute Gasteiger partial charge is 0.497 e. The van der Waals surface area contributed by atoms with E-state index in [-0.39, 0.29) is 11.8 Å². The summed E-state index contributed by atoms with van der Waals surface area (Å²) in [6, 6.07) is 5.63. The van der Waals surface area contributed by atoms with Gasteiger partial charge in [-0.25, -0.2) is 0 Å². The maximum absolute atomic E-state index is 11.8. The number of amides is 1. The quantitative estimate of drug-likeness (QED) is 0.653. The van der Waals surface area contributed by atoms with Crippen LogP contribution in [0, 0.1) is 12.8 Å². The van der Waals surface area contributed by atoms with Crippen molar-refractivity contribution in [3.63, 3.8) is 0 Å². The number of methoxy groups -OCH3 is 2. The Morgan fingerprint density at radius 2 is 2.11 bits per heavy atom. The van der Waals surface area contributed by atoms with Crippen molar-refractivity contribution in [1.29, 1.82) is 0 Å². The third-order valence-corrected chi connectivity index (χ3v) is 3.51. The first-order valence-electron chi connectivity index (χ1n) is 6.08. The molecule has 19 heavy (non-hydrogen) atoms. The van der Waals surface area contributed by atoms with E-state index in [2.05, 4.69) is 5.32 Å². The Morgan fingerprint density at radius 1 is 1.37 bits per heavy atom. The van der Waals surface area contributed by atoms with Crippen LogP contribution in [0.15, 0.2) is 18.2 Å².